The van der Waals surface area contributed by atoms with Crippen LogP contribution in [-0.4, -0.2) is 55.4 Å². The van der Waals surface area contributed by atoms with Crippen LogP contribution in [0, 0.1) is 50.7 Å². The number of carboxylic acids is 1. The second kappa shape index (κ2) is 7.58. The van der Waals surface area contributed by atoms with Crippen molar-refractivity contribution in [1.82, 2.24) is 0 Å². The normalized spacial score (nSPS) is 58.0. The van der Waals surface area contributed by atoms with Crippen molar-refractivity contribution in [1.29, 1.82) is 0 Å². The van der Waals surface area contributed by atoms with Crippen molar-refractivity contribution in [2.24, 2.45) is 50.7 Å². The van der Waals surface area contributed by atoms with Crippen LogP contribution in [-0.2, 0) is 4.79 Å². The molecule has 4 saturated carbocycles. The van der Waals surface area contributed by atoms with E-state index in [1.807, 2.05) is 27.7 Å². The van der Waals surface area contributed by atoms with Crippen LogP contribution in [0.5, 0.6) is 0 Å². The lowest BCUT2D eigenvalue weighted by molar-refractivity contribution is -0.266. The molecule has 0 bridgehead atoms. The Morgan fingerprint density at radius 1 is 0.972 bits per heavy atom. The zero-order valence-corrected chi connectivity index (χ0v) is 23.2. The second-order valence-electron chi connectivity index (χ2n) is 15.0. The summed E-state index contributed by atoms with van der Waals surface area (Å²) in [7, 11) is 0. The number of aliphatic carboxylic acids is 1. The lowest BCUT2D eigenvalue weighted by Crippen LogP contribution is -2.71. The van der Waals surface area contributed by atoms with Gasteiger partial charge in [0.15, 0.2) is 0 Å². The van der Waals surface area contributed by atoms with E-state index in [0.717, 1.165) is 5.57 Å². The van der Waals surface area contributed by atoms with Gasteiger partial charge in [0.2, 0.25) is 0 Å². The predicted octanol–water partition coefficient (Wildman–Crippen LogP) is 4.15. The number of aliphatic hydroxyl groups excluding tert-OH is 3. The van der Waals surface area contributed by atoms with Gasteiger partial charge in [-0.25, -0.2) is 0 Å². The van der Waals surface area contributed by atoms with E-state index in [1.165, 1.54) is 0 Å². The molecule has 0 aliphatic heterocycles. The molecule has 36 heavy (non-hydrogen) atoms. The fourth-order valence-electron chi connectivity index (χ4n) is 10.9. The van der Waals surface area contributed by atoms with Crippen molar-refractivity contribution >= 4 is 5.97 Å². The van der Waals surface area contributed by atoms with E-state index in [-0.39, 0.29) is 23.2 Å². The van der Waals surface area contributed by atoms with Gasteiger partial charge in [0.25, 0.3) is 0 Å². The fourth-order valence-corrected chi connectivity index (χ4v) is 10.9. The average molecular weight is 505 g/mol. The molecule has 0 radical (unpaired) electrons. The Morgan fingerprint density at radius 3 is 2.22 bits per heavy atom. The van der Waals surface area contributed by atoms with Crippen molar-refractivity contribution in [3.05, 3.63) is 11.6 Å². The first-order valence-electron chi connectivity index (χ1n) is 14.1. The van der Waals surface area contributed by atoms with Crippen molar-refractivity contribution in [3.8, 4) is 0 Å². The van der Waals surface area contributed by atoms with E-state index in [0.29, 0.717) is 44.9 Å². The number of hydrogen-bond donors (Lipinski definition) is 5. The summed E-state index contributed by atoms with van der Waals surface area (Å²) in [6, 6.07) is 0. The first-order valence-corrected chi connectivity index (χ1v) is 14.1. The van der Waals surface area contributed by atoms with Crippen LogP contribution < -0.4 is 0 Å². The Balaban J connectivity index is 1.68. The molecule has 0 saturated heterocycles. The van der Waals surface area contributed by atoms with Gasteiger partial charge in [0.1, 0.15) is 0 Å². The fraction of sp³-hybridized carbons (Fsp3) is 0.900. The Bertz CT molecular complexity index is 986. The highest BCUT2D eigenvalue weighted by Crippen LogP contribution is 2.76. The Kier molecular flexibility index (Phi) is 5.61. The Labute approximate surface area is 216 Å². The lowest BCUT2D eigenvalue weighted by Gasteiger charge is -2.73. The summed E-state index contributed by atoms with van der Waals surface area (Å²) in [5.41, 5.74) is -2.93. The highest BCUT2D eigenvalue weighted by molar-refractivity contribution is 5.77. The molecule has 4 fully saturated rings. The summed E-state index contributed by atoms with van der Waals surface area (Å²) in [5, 5.41) is 56.3. The van der Waals surface area contributed by atoms with E-state index < -0.39 is 57.5 Å². The predicted molar refractivity (Wildman–Crippen MR) is 137 cm³/mol. The van der Waals surface area contributed by atoms with Gasteiger partial charge in [-0.2, -0.15) is 0 Å². The summed E-state index contributed by atoms with van der Waals surface area (Å²) in [4.78, 5) is 12.8. The zero-order valence-electron chi connectivity index (χ0n) is 23.2. The van der Waals surface area contributed by atoms with Crippen LogP contribution in [0.15, 0.2) is 11.6 Å². The van der Waals surface area contributed by atoms with Crippen LogP contribution in [0.1, 0.15) is 93.4 Å². The van der Waals surface area contributed by atoms with Crippen LogP contribution >= 0.6 is 0 Å². The molecule has 6 heteroatoms. The summed E-state index contributed by atoms with van der Waals surface area (Å²) in [6.07, 6.45) is 4.08. The van der Waals surface area contributed by atoms with Gasteiger partial charge in [0.05, 0.1) is 29.3 Å². The molecule has 0 aromatic carbocycles. The Morgan fingerprint density at radius 2 is 1.61 bits per heavy atom. The number of allylic oxidation sites excluding steroid dienone is 1. The van der Waals surface area contributed by atoms with Crippen molar-refractivity contribution in [2.45, 2.75) is 117 Å². The molecule has 5 aliphatic rings. The highest BCUT2D eigenvalue weighted by atomic mass is 16.4. The number of fused-ring (bicyclic) bond motifs is 7. The van der Waals surface area contributed by atoms with E-state index >= 15 is 0 Å². The van der Waals surface area contributed by atoms with Crippen LogP contribution in [0.4, 0.5) is 0 Å². The van der Waals surface area contributed by atoms with Crippen molar-refractivity contribution in [2.75, 3.05) is 0 Å². The third kappa shape index (κ3) is 2.85. The number of aliphatic hydroxyl groups is 4. The minimum atomic E-state index is -1.15. The maximum absolute atomic E-state index is 12.8. The maximum atomic E-state index is 12.8. The molecule has 6 nitrogen and oxygen atoms in total. The second-order valence-corrected chi connectivity index (χ2v) is 15.0. The molecule has 0 unspecified atom stereocenters. The minimum absolute atomic E-state index is 0.0160. The van der Waals surface area contributed by atoms with Gasteiger partial charge >= 0.3 is 5.97 Å². The zero-order chi connectivity index (χ0) is 26.9. The maximum Gasteiger partial charge on any atom is 0.310 e. The first kappa shape index (κ1) is 26.6. The third-order valence-corrected chi connectivity index (χ3v) is 13.5. The summed E-state index contributed by atoms with van der Waals surface area (Å²) in [5.74, 6) is -1.20. The number of rotatable bonds is 1. The summed E-state index contributed by atoms with van der Waals surface area (Å²) in [6.45, 7) is 14.5. The first-order chi connectivity index (χ1) is 16.4. The van der Waals surface area contributed by atoms with Crippen LogP contribution in [0.25, 0.3) is 0 Å². The lowest BCUT2D eigenvalue weighted by atomic mass is 9.32. The SMILES string of the molecule is C[C@@H]1CC[C@]2(C(=O)O)CC[C@]3(C)C(=CC[C@@H]4[C@]5(C)C[C@H](O)[C@@H](O)C(C)(C)[C@H]5C[C@H](O)[C@]43C)[C@H]2[C@]1(C)O. The van der Waals surface area contributed by atoms with Gasteiger partial charge in [-0.3, -0.25) is 4.79 Å². The monoisotopic (exact) mass is 504 g/mol. The van der Waals surface area contributed by atoms with Gasteiger partial charge in [-0.1, -0.05) is 53.2 Å². The number of carbonyl (C=O) groups is 1. The quantitative estimate of drug-likeness (QED) is 0.343. The van der Waals surface area contributed by atoms with Crippen molar-refractivity contribution in [3.63, 3.8) is 0 Å². The molecule has 0 heterocycles. The number of carboxylic acid groups (broad SMARTS) is 1. The van der Waals surface area contributed by atoms with Gasteiger partial charge in [-0.05, 0) is 85.9 Å². The van der Waals surface area contributed by atoms with E-state index in [4.69, 9.17) is 0 Å². The molecule has 0 aromatic heterocycles. The smallest absolute Gasteiger partial charge is 0.310 e. The topological polar surface area (TPSA) is 118 Å². The molecule has 0 amide bonds. The van der Waals surface area contributed by atoms with Gasteiger partial charge in [0, 0.05) is 11.3 Å². The summed E-state index contributed by atoms with van der Waals surface area (Å²) < 4.78 is 0. The largest absolute Gasteiger partial charge is 0.481 e. The van der Waals surface area contributed by atoms with Gasteiger partial charge < -0.3 is 25.5 Å². The van der Waals surface area contributed by atoms with Crippen LogP contribution in [0.2, 0.25) is 0 Å². The van der Waals surface area contributed by atoms with E-state index in [2.05, 4.69) is 26.8 Å². The third-order valence-electron chi connectivity index (χ3n) is 13.5. The average Bonchev–Trinajstić information content (AvgIpc) is 2.77. The standard InChI is InChI=1S/C30H48O6/c1-16-10-11-30(24(34)35)13-12-27(5)17(22(30)29(16,7)36)8-9-19-26(4)15-18(31)23(33)25(2,3)20(26)14-21(32)28(19,27)6/h8,16,18-23,31-33,36H,9-15H2,1-7H3,(H,34,35)/t16-,18+,19-,20-,21+,22+,23-,26+,27-,28+,29-,30+/m1/s1. The molecule has 204 valence electrons. The number of hydrogen-bond acceptors (Lipinski definition) is 5. The summed E-state index contributed by atoms with van der Waals surface area (Å²) >= 11 is 0. The minimum Gasteiger partial charge on any atom is -0.481 e. The Hall–Kier alpha value is -0.950. The molecule has 0 aromatic rings. The van der Waals surface area contributed by atoms with Gasteiger partial charge in [-0.15, -0.1) is 0 Å². The molecule has 5 N–H and O–H groups in total. The van der Waals surface area contributed by atoms with Crippen LogP contribution in [0.3, 0.4) is 0 Å². The molecule has 5 rings (SSSR count). The molecular weight excluding hydrogens is 456 g/mol. The highest BCUT2D eigenvalue weighted by Gasteiger charge is 2.73. The molecule has 5 aliphatic carbocycles. The van der Waals surface area contributed by atoms with E-state index in [1.54, 1.807) is 0 Å². The molecular formula is C30H48O6. The van der Waals surface area contributed by atoms with Crippen molar-refractivity contribution < 1.29 is 30.3 Å². The van der Waals surface area contributed by atoms with E-state index in [9.17, 15) is 30.3 Å². The molecule has 12 atom stereocenters. The molecule has 0 spiro atoms.